The molecule has 0 amide bonds. The molecule has 0 atom stereocenters. The molecule has 1 nitrogen and oxygen atoms in total. The van der Waals surface area contributed by atoms with Crippen molar-refractivity contribution in [3.05, 3.63) is 188 Å². The molecule has 3 heteroatoms. The maximum atomic E-state index is 2.56. The van der Waals surface area contributed by atoms with Crippen molar-refractivity contribution in [2.24, 2.45) is 0 Å². The van der Waals surface area contributed by atoms with Crippen molar-refractivity contribution in [3.63, 3.8) is 0 Å². The third-order valence-corrected chi connectivity index (χ3v) is 19.5. The molecule has 59 heavy (non-hydrogen) atoms. The van der Waals surface area contributed by atoms with Gasteiger partial charge >= 0.3 is 344 Å². The predicted octanol–water partition coefficient (Wildman–Crippen LogP) is 11.4. The van der Waals surface area contributed by atoms with Crippen molar-refractivity contribution in [3.8, 4) is 55.6 Å². The summed E-state index contributed by atoms with van der Waals surface area (Å²) < 4.78 is 8.71. The van der Waals surface area contributed by atoms with E-state index in [0.29, 0.717) is 0 Å². The standard InChI is InChI=1S/C56H31Ge2N/c1-5-25-48-34(13-1)41-23-11-21-39(54(41)57-48)32-17-9-19-37-46(32)31-47-33(40-22-12-24-42-35-14-2-6-26-49(35)58-55(40)42)18-10-20-38(47)52(37)45-30-29-43-36-15-3-7-27-50(36)59-51-28-8-4-16-44(51)53(45)56(43)59/h1-31H. The van der Waals surface area contributed by atoms with Crippen LogP contribution in [0.1, 0.15) is 0 Å². The van der Waals surface area contributed by atoms with Crippen LogP contribution in [0.4, 0.5) is 0 Å². The monoisotopic (exact) mass is 865 g/mol. The normalized spacial score (nSPS) is 12.9. The van der Waals surface area contributed by atoms with Gasteiger partial charge in [-0.3, -0.25) is 0 Å². The maximum absolute atomic E-state index is 2.56. The van der Waals surface area contributed by atoms with E-state index in [1.807, 2.05) is 0 Å². The van der Waals surface area contributed by atoms with Gasteiger partial charge in [-0.1, -0.05) is 12.1 Å². The summed E-state index contributed by atoms with van der Waals surface area (Å²) in [5.74, 6) is 0. The molecule has 2 aliphatic rings. The summed E-state index contributed by atoms with van der Waals surface area (Å²) in [6, 6.07) is 71.8. The van der Waals surface area contributed by atoms with Gasteiger partial charge in [0.05, 0.1) is 0 Å². The number of aromatic nitrogens is 1. The van der Waals surface area contributed by atoms with Gasteiger partial charge in [-0.05, 0) is 0 Å². The topological polar surface area (TPSA) is 4.41 Å². The van der Waals surface area contributed by atoms with Crippen molar-refractivity contribution in [2.75, 3.05) is 0 Å². The van der Waals surface area contributed by atoms with Crippen LogP contribution in [-0.4, -0.2) is 35.3 Å². The van der Waals surface area contributed by atoms with Crippen LogP contribution in [-0.2, 0) is 0 Å². The van der Waals surface area contributed by atoms with E-state index >= 15 is 0 Å². The fourth-order valence-electron chi connectivity index (χ4n) is 10.8. The molecule has 0 saturated carbocycles. The van der Waals surface area contributed by atoms with Crippen LogP contribution in [0, 0.1) is 0 Å². The summed E-state index contributed by atoms with van der Waals surface area (Å²) >= 11 is -0.984. The van der Waals surface area contributed by atoms with Crippen molar-refractivity contribution in [2.45, 2.75) is 0 Å². The molecule has 0 spiro atoms. The summed E-state index contributed by atoms with van der Waals surface area (Å²) in [5, 5.41) is 10.5. The van der Waals surface area contributed by atoms with Crippen LogP contribution < -0.4 is 17.6 Å². The molecule has 12 aromatic rings. The average molecular weight is 863 g/mol. The summed E-state index contributed by atoms with van der Waals surface area (Å²) in [7, 11) is 0. The molecule has 0 fully saturated rings. The van der Waals surface area contributed by atoms with Gasteiger partial charge in [0.25, 0.3) is 0 Å². The first-order valence-corrected chi connectivity index (χ1v) is 24.6. The number of para-hydroxylation sites is 2. The fourth-order valence-corrected chi connectivity index (χ4v) is 17.1. The molecule has 4 heterocycles. The quantitative estimate of drug-likeness (QED) is 0.123. The summed E-state index contributed by atoms with van der Waals surface area (Å²) in [6.07, 6.45) is 0. The van der Waals surface area contributed by atoms with Gasteiger partial charge in [0, 0.05) is 0 Å². The second-order valence-corrected chi connectivity index (χ2v) is 21.5. The van der Waals surface area contributed by atoms with E-state index in [9.17, 15) is 0 Å². The van der Waals surface area contributed by atoms with E-state index in [1.165, 1.54) is 124 Å². The van der Waals surface area contributed by atoms with Crippen molar-refractivity contribution >= 4 is 108 Å². The zero-order valence-electron chi connectivity index (χ0n) is 31.8. The van der Waals surface area contributed by atoms with Crippen molar-refractivity contribution < 1.29 is 0 Å². The molecule has 0 aliphatic carbocycles. The Labute approximate surface area is 353 Å². The van der Waals surface area contributed by atoms with Gasteiger partial charge in [-0.25, -0.2) is 0 Å². The Morgan fingerprint density at radius 2 is 0.729 bits per heavy atom. The Balaban J connectivity index is 1.13. The van der Waals surface area contributed by atoms with Gasteiger partial charge in [0.2, 0.25) is 0 Å². The minimum atomic E-state index is -0.492. The van der Waals surface area contributed by atoms with E-state index in [4.69, 9.17) is 0 Å². The molecule has 14 rings (SSSR count). The van der Waals surface area contributed by atoms with Gasteiger partial charge in [0.1, 0.15) is 0 Å². The molecule has 0 saturated heterocycles. The van der Waals surface area contributed by atoms with Crippen LogP contribution >= 0.6 is 0 Å². The van der Waals surface area contributed by atoms with Crippen molar-refractivity contribution in [1.29, 1.82) is 0 Å². The van der Waals surface area contributed by atoms with Crippen molar-refractivity contribution in [1.82, 2.24) is 4.40 Å². The van der Waals surface area contributed by atoms with Crippen LogP contribution in [0.15, 0.2) is 188 Å². The molecule has 268 valence electrons. The third-order valence-electron chi connectivity index (χ3n) is 13.2. The van der Waals surface area contributed by atoms with Crippen LogP contribution in [0.3, 0.4) is 0 Å². The number of hydrogen-bond donors (Lipinski definition) is 0. The van der Waals surface area contributed by atoms with Crippen LogP contribution in [0.5, 0.6) is 0 Å². The Hall–Kier alpha value is -6.39. The second-order valence-electron chi connectivity index (χ2n) is 16.1. The molecule has 10 aromatic carbocycles. The van der Waals surface area contributed by atoms with Crippen LogP contribution in [0.2, 0.25) is 0 Å². The predicted molar refractivity (Wildman–Crippen MR) is 253 cm³/mol. The number of fused-ring (bicyclic) bond motifs is 14. The Bertz CT molecular complexity index is 3640. The van der Waals surface area contributed by atoms with E-state index in [-0.39, 0.29) is 0 Å². The number of hydrogen-bond acceptors (Lipinski definition) is 0. The Morgan fingerprint density at radius 1 is 0.288 bits per heavy atom. The molecule has 0 unspecified atom stereocenters. The summed E-state index contributed by atoms with van der Waals surface area (Å²) in [5.41, 5.74) is 17.6. The van der Waals surface area contributed by atoms with Gasteiger partial charge in [0.15, 0.2) is 0 Å². The Kier molecular flexibility index (Phi) is 6.66. The van der Waals surface area contributed by atoms with Gasteiger partial charge in [-0.15, -0.1) is 0 Å². The minimum absolute atomic E-state index is 0.492. The first-order chi connectivity index (χ1) is 29.3. The van der Waals surface area contributed by atoms with E-state index in [1.54, 1.807) is 8.79 Å². The number of rotatable bonds is 3. The average Bonchev–Trinajstić information content (AvgIpc) is 4.05. The molecule has 0 bridgehead atoms. The molecular formula is C56H31Ge2N. The second kappa shape index (κ2) is 12.1. The zero-order valence-corrected chi connectivity index (χ0v) is 36.0. The molecule has 0 N–H and O–H groups in total. The van der Waals surface area contributed by atoms with E-state index < -0.39 is 30.9 Å². The summed E-state index contributed by atoms with van der Waals surface area (Å²) in [6.45, 7) is 0. The molecule has 2 aromatic heterocycles. The number of nitrogens with zero attached hydrogens (tertiary/aromatic N) is 1. The van der Waals surface area contributed by atoms with Gasteiger partial charge < -0.3 is 0 Å². The van der Waals surface area contributed by atoms with E-state index in [0.717, 1.165) is 0 Å². The fraction of sp³-hybridized carbons (Fsp3) is 0. The molecular weight excluding hydrogens is 832 g/mol. The first kappa shape index (κ1) is 32.5. The van der Waals surface area contributed by atoms with Gasteiger partial charge in [-0.2, -0.15) is 0 Å². The number of benzene rings is 10. The molecule has 2 aliphatic heterocycles. The Morgan fingerprint density at radius 3 is 1.34 bits per heavy atom. The zero-order chi connectivity index (χ0) is 38.3. The third kappa shape index (κ3) is 4.36. The van der Waals surface area contributed by atoms with E-state index in [2.05, 4.69) is 192 Å². The SMILES string of the molecule is c1ccc2[c](c1)[Ge][c]1c-2cccc1-c1cccc2c(-c3ccc4c5ccccc5n5c6ccccc6c3c45)c3cccc(-c4cccc5[c]4[Ge][c]4ccccc4-5)c3cc12. The van der Waals surface area contributed by atoms with Crippen LogP contribution in [0.25, 0.3) is 115 Å². The molecule has 4 radical (unpaired) electrons. The summed E-state index contributed by atoms with van der Waals surface area (Å²) in [4.78, 5) is 0. The first-order valence-electron chi connectivity index (χ1n) is 20.4.